The highest BCUT2D eigenvalue weighted by Crippen LogP contribution is 2.43. The van der Waals surface area contributed by atoms with Crippen molar-refractivity contribution in [1.29, 1.82) is 0 Å². The van der Waals surface area contributed by atoms with Crippen LogP contribution >= 0.6 is 7.82 Å². The Kier molecular flexibility index (Phi) is 61.5. The molecule has 11 nitrogen and oxygen atoms in total. The van der Waals surface area contributed by atoms with Crippen molar-refractivity contribution in [3.8, 4) is 0 Å². The maximum atomic E-state index is 13.0. The first-order chi connectivity index (χ1) is 40.2. The second-order valence-corrected chi connectivity index (χ2v) is 24.1. The quantitative estimate of drug-likeness (QED) is 0.0197. The maximum absolute atomic E-state index is 13.0. The number of ether oxygens (including phenoxy) is 3. The zero-order valence-corrected chi connectivity index (χ0v) is 53.8. The van der Waals surface area contributed by atoms with E-state index in [9.17, 15) is 28.9 Å². The van der Waals surface area contributed by atoms with Gasteiger partial charge in [0.2, 0.25) is 0 Å². The molecule has 82 heavy (non-hydrogen) atoms. The Morgan fingerprint density at radius 2 is 0.634 bits per heavy atom. The molecule has 476 valence electrons. The summed E-state index contributed by atoms with van der Waals surface area (Å²) in [6.45, 7) is 4.55. The molecule has 3 atom stereocenters. The summed E-state index contributed by atoms with van der Waals surface area (Å²) in [5, 5.41) is 9.87. The van der Waals surface area contributed by atoms with Gasteiger partial charge >= 0.3 is 25.7 Å². The number of unbranched alkanes of at least 4 members (excludes halogenated alkanes) is 34. The van der Waals surface area contributed by atoms with Crippen molar-refractivity contribution in [3.63, 3.8) is 0 Å². The lowest BCUT2D eigenvalue weighted by Crippen LogP contribution is -2.30. The Balaban J connectivity index is 4.70. The number of hydrogen-bond acceptors (Lipinski definition) is 10. The van der Waals surface area contributed by atoms with Crippen LogP contribution in [-0.4, -0.2) is 66.5 Å². The number of carbonyl (C=O) groups is 3. The lowest BCUT2D eigenvalue weighted by Gasteiger charge is -2.21. The molecule has 0 aromatic heterocycles. The molecule has 0 aliphatic rings. The zero-order chi connectivity index (χ0) is 59.8. The van der Waals surface area contributed by atoms with Crippen LogP contribution in [-0.2, 0) is 42.2 Å². The molecular weight excluding hydrogens is 1050 g/mol. The molecule has 0 aromatic rings. The average molecular weight is 1170 g/mol. The predicted octanol–water partition coefficient (Wildman–Crippen LogP) is 20.8. The van der Waals surface area contributed by atoms with Gasteiger partial charge in [0.25, 0.3) is 0 Å². The fourth-order valence-corrected chi connectivity index (χ4v) is 10.3. The standard InChI is InChI=1S/C70H125O11P/c1-4-7-10-13-16-19-22-25-28-31-33-36-38-41-44-47-50-53-56-59-68(72)77-63-67(81-70(74)61-58-55-52-49-46-43-40-37-34-32-29-26-23-20-17-14-11-8-5-2)65-79-82(75,76)78-64-66(62-71)80-69(73)60-57-54-51-48-45-42-39-35-30-27-24-21-18-15-12-9-6-3/h7,10,16-17,19-20,25-26,28-29,33,36,66-67,71H,4-6,8-9,11-15,18,21-24,27,30-32,34-35,37-65H2,1-3H3,(H,75,76)/b10-7-,19-16-,20-17-,28-25-,29-26-,36-33-. The first-order valence-electron chi connectivity index (χ1n) is 33.8. The van der Waals surface area contributed by atoms with Crippen LogP contribution in [0.15, 0.2) is 72.9 Å². The minimum atomic E-state index is -4.76. The Morgan fingerprint density at radius 1 is 0.354 bits per heavy atom. The second kappa shape index (κ2) is 63.9. The fraction of sp³-hybridized carbons (Fsp3) is 0.786. The monoisotopic (exact) mass is 1170 g/mol. The van der Waals surface area contributed by atoms with E-state index in [2.05, 4.69) is 93.7 Å². The van der Waals surface area contributed by atoms with E-state index in [0.717, 1.165) is 116 Å². The van der Waals surface area contributed by atoms with Gasteiger partial charge in [-0.2, -0.15) is 0 Å². The molecule has 12 heteroatoms. The molecule has 3 unspecified atom stereocenters. The van der Waals surface area contributed by atoms with Gasteiger partial charge in [-0.3, -0.25) is 23.4 Å². The number of allylic oxidation sites excluding steroid dienone is 12. The lowest BCUT2D eigenvalue weighted by molar-refractivity contribution is -0.161. The van der Waals surface area contributed by atoms with Crippen molar-refractivity contribution < 1.29 is 52.2 Å². The fourth-order valence-electron chi connectivity index (χ4n) is 9.50. The van der Waals surface area contributed by atoms with Crippen LogP contribution in [0.2, 0.25) is 0 Å². The normalized spacial score (nSPS) is 13.7. The molecule has 0 bridgehead atoms. The molecule has 0 heterocycles. The number of aliphatic hydroxyl groups excluding tert-OH is 1. The SMILES string of the molecule is CC/C=C\C/C=C\C/C=C\C/C=C\CCCCCCCCC(=O)OCC(COP(=O)(O)OCC(CO)OC(=O)CCCCCCCCCCCCCCCCCCC)OC(=O)CCCCCCCCCCC/C=C\C/C=C\CCCCC. The lowest BCUT2D eigenvalue weighted by atomic mass is 10.0. The zero-order valence-electron chi connectivity index (χ0n) is 53.0. The van der Waals surface area contributed by atoms with Crippen LogP contribution in [0.3, 0.4) is 0 Å². The summed E-state index contributed by atoms with van der Waals surface area (Å²) in [5.41, 5.74) is 0. The van der Waals surface area contributed by atoms with Gasteiger partial charge in [-0.25, -0.2) is 4.57 Å². The van der Waals surface area contributed by atoms with Gasteiger partial charge in [0, 0.05) is 19.3 Å². The van der Waals surface area contributed by atoms with Crippen molar-refractivity contribution >= 4 is 25.7 Å². The van der Waals surface area contributed by atoms with Gasteiger partial charge in [0.15, 0.2) is 6.10 Å². The number of aliphatic hydroxyl groups is 1. The molecule has 2 N–H and O–H groups in total. The number of phosphoric acid groups is 1. The van der Waals surface area contributed by atoms with E-state index in [1.165, 1.54) is 141 Å². The minimum absolute atomic E-state index is 0.159. The summed E-state index contributed by atoms with van der Waals surface area (Å²) in [4.78, 5) is 48.9. The smallest absolute Gasteiger partial charge is 0.462 e. The highest BCUT2D eigenvalue weighted by molar-refractivity contribution is 7.47. The predicted molar refractivity (Wildman–Crippen MR) is 344 cm³/mol. The summed E-state index contributed by atoms with van der Waals surface area (Å²) in [6.07, 6.45) is 74.1. The average Bonchev–Trinajstić information content (AvgIpc) is 3.47. The van der Waals surface area contributed by atoms with Crippen molar-refractivity contribution in [2.75, 3.05) is 26.4 Å². The van der Waals surface area contributed by atoms with Gasteiger partial charge in [-0.05, 0) is 89.9 Å². The second-order valence-electron chi connectivity index (χ2n) is 22.6. The molecule has 0 aliphatic carbocycles. The molecule has 0 aromatic carbocycles. The highest BCUT2D eigenvalue weighted by Gasteiger charge is 2.28. The molecule has 0 rings (SSSR count). The van der Waals surface area contributed by atoms with E-state index in [0.29, 0.717) is 19.3 Å². The van der Waals surface area contributed by atoms with Gasteiger partial charge < -0.3 is 24.2 Å². The van der Waals surface area contributed by atoms with E-state index in [-0.39, 0.29) is 25.9 Å². The van der Waals surface area contributed by atoms with Gasteiger partial charge in [-0.15, -0.1) is 0 Å². The van der Waals surface area contributed by atoms with Crippen LogP contribution < -0.4 is 0 Å². The molecule has 0 saturated heterocycles. The van der Waals surface area contributed by atoms with E-state index in [1.54, 1.807) is 0 Å². The van der Waals surface area contributed by atoms with E-state index in [4.69, 9.17) is 23.3 Å². The van der Waals surface area contributed by atoms with Crippen molar-refractivity contribution in [3.05, 3.63) is 72.9 Å². The van der Waals surface area contributed by atoms with Crippen LogP contribution in [0.5, 0.6) is 0 Å². The van der Waals surface area contributed by atoms with Gasteiger partial charge in [-0.1, -0.05) is 280 Å². The maximum Gasteiger partial charge on any atom is 0.472 e. The Hall–Kier alpha value is -3.08. The van der Waals surface area contributed by atoms with Crippen LogP contribution in [0.25, 0.3) is 0 Å². The molecule has 0 spiro atoms. The van der Waals surface area contributed by atoms with E-state index < -0.39 is 57.8 Å². The largest absolute Gasteiger partial charge is 0.472 e. The Labute approximate surface area is 503 Å². The molecule has 0 amide bonds. The number of phosphoric ester groups is 1. The van der Waals surface area contributed by atoms with Gasteiger partial charge in [0.1, 0.15) is 12.7 Å². The first-order valence-corrected chi connectivity index (χ1v) is 35.3. The number of esters is 3. The Bertz CT molecular complexity index is 1650. The number of carbonyl (C=O) groups excluding carboxylic acids is 3. The summed E-state index contributed by atoms with van der Waals surface area (Å²) in [7, 11) is -4.76. The van der Waals surface area contributed by atoms with Crippen LogP contribution in [0, 0.1) is 0 Å². The summed E-state index contributed by atoms with van der Waals surface area (Å²) in [5.74, 6) is -1.47. The topological polar surface area (TPSA) is 155 Å². The molecule has 0 radical (unpaired) electrons. The first kappa shape index (κ1) is 78.9. The summed E-state index contributed by atoms with van der Waals surface area (Å²) in [6, 6.07) is 0. The third-order valence-corrected chi connectivity index (χ3v) is 15.6. The third-order valence-electron chi connectivity index (χ3n) is 14.6. The van der Waals surface area contributed by atoms with Crippen molar-refractivity contribution in [2.24, 2.45) is 0 Å². The minimum Gasteiger partial charge on any atom is -0.462 e. The molecule has 0 fully saturated rings. The summed E-state index contributed by atoms with van der Waals surface area (Å²) < 4.78 is 39.8. The third kappa shape index (κ3) is 61.5. The van der Waals surface area contributed by atoms with E-state index >= 15 is 0 Å². The van der Waals surface area contributed by atoms with Gasteiger partial charge in [0.05, 0.1) is 19.8 Å². The molecule has 0 aliphatic heterocycles. The Morgan fingerprint density at radius 3 is 1.00 bits per heavy atom. The molecular formula is C70H125O11P. The van der Waals surface area contributed by atoms with Crippen molar-refractivity contribution in [1.82, 2.24) is 0 Å². The van der Waals surface area contributed by atoms with Crippen LogP contribution in [0.1, 0.15) is 316 Å². The molecule has 0 saturated carbocycles. The summed E-state index contributed by atoms with van der Waals surface area (Å²) >= 11 is 0. The highest BCUT2D eigenvalue weighted by atomic mass is 31.2. The van der Waals surface area contributed by atoms with Crippen molar-refractivity contribution in [2.45, 2.75) is 328 Å². The number of hydrogen-bond donors (Lipinski definition) is 2. The number of rotatable bonds is 63. The van der Waals surface area contributed by atoms with E-state index in [1.807, 2.05) is 0 Å². The van der Waals surface area contributed by atoms with Crippen LogP contribution in [0.4, 0.5) is 0 Å².